The van der Waals surface area contributed by atoms with Crippen molar-refractivity contribution in [2.75, 3.05) is 0 Å². The molecule has 0 amide bonds. The van der Waals surface area contributed by atoms with Crippen molar-refractivity contribution in [2.45, 2.75) is 32.6 Å². The van der Waals surface area contributed by atoms with Gasteiger partial charge in [-0.3, -0.25) is 0 Å². The van der Waals surface area contributed by atoms with Crippen LogP contribution in [0.3, 0.4) is 0 Å². The SMILES string of the molecule is Cc1cnc(CCCCC#N)nn1. The van der Waals surface area contributed by atoms with E-state index in [4.69, 9.17) is 5.26 Å². The monoisotopic (exact) mass is 176 g/mol. The van der Waals surface area contributed by atoms with Gasteiger partial charge in [0.1, 0.15) is 0 Å². The van der Waals surface area contributed by atoms with E-state index in [0.29, 0.717) is 6.42 Å². The highest BCUT2D eigenvalue weighted by Gasteiger charge is 1.96. The van der Waals surface area contributed by atoms with Gasteiger partial charge in [0.25, 0.3) is 0 Å². The summed E-state index contributed by atoms with van der Waals surface area (Å²) in [6, 6.07) is 2.11. The first-order valence-electron chi connectivity index (χ1n) is 4.35. The Morgan fingerprint density at radius 2 is 2.23 bits per heavy atom. The maximum Gasteiger partial charge on any atom is 0.150 e. The van der Waals surface area contributed by atoms with E-state index in [2.05, 4.69) is 21.3 Å². The van der Waals surface area contributed by atoms with Gasteiger partial charge in [-0.15, -0.1) is 5.10 Å². The molecule has 0 saturated carbocycles. The first-order chi connectivity index (χ1) is 6.33. The van der Waals surface area contributed by atoms with Crippen LogP contribution in [0.5, 0.6) is 0 Å². The predicted molar refractivity (Wildman–Crippen MR) is 47.7 cm³/mol. The van der Waals surface area contributed by atoms with Crippen LogP contribution < -0.4 is 0 Å². The molecule has 1 heterocycles. The minimum Gasteiger partial charge on any atom is -0.238 e. The van der Waals surface area contributed by atoms with Gasteiger partial charge >= 0.3 is 0 Å². The van der Waals surface area contributed by atoms with Crippen LogP contribution in [0.4, 0.5) is 0 Å². The Balaban J connectivity index is 2.30. The van der Waals surface area contributed by atoms with E-state index < -0.39 is 0 Å². The standard InChI is InChI=1S/C9H12N4/c1-8-7-11-9(13-12-8)5-3-2-4-6-10/h7H,2-5H2,1H3. The summed E-state index contributed by atoms with van der Waals surface area (Å²) in [6.45, 7) is 1.86. The second kappa shape index (κ2) is 5.20. The third-order valence-corrected chi connectivity index (χ3v) is 1.66. The Bertz CT molecular complexity index is 285. The molecule has 1 aromatic heterocycles. The molecular formula is C9H12N4. The molecule has 0 bridgehead atoms. The number of aromatic nitrogens is 3. The molecule has 0 aliphatic rings. The third-order valence-electron chi connectivity index (χ3n) is 1.66. The van der Waals surface area contributed by atoms with Gasteiger partial charge in [0, 0.05) is 12.8 Å². The lowest BCUT2D eigenvalue weighted by atomic mass is 10.2. The maximum absolute atomic E-state index is 8.31. The lowest BCUT2D eigenvalue weighted by molar-refractivity contribution is 0.700. The molecular weight excluding hydrogens is 164 g/mol. The van der Waals surface area contributed by atoms with Crippen molar-refractivity contribution in [3.05, 3.63) is 17.7 Å². The molecule has 13 heavy (non-hydrogen) atoms. The van der Waals surface area contributed by atoms with Crippen LogP contribution in [0.15, 0.2) is 6.20 Å². The Kier molecular flexibility index (Phi) is 3.83. The third kappa shape index (κ3) is 3.61. The summed E-state index contributed by atoms with van der Waals surface area (Å²) in [6.07, 6.45) is 5.01. The summed E-state index contributed by atoms with van der Waals surface area (Å²) >= 11 is 0. The van der Waals surface area contributed by atoms with Gasteiger partial charge in [-0.2, -0.15) is 10.4 Å². The second-order valence-corrected chi connectivity index (χ2v) is 2.88. The molecule has 0 aromatic carbocycles. The molecule has 0 radical (unpaired) electrons. The first-order valence-corrected chi connectivity index (χ1v) is 4.35. The second-order valence-electron chi connectivity index (χ2n) is 2.88. The zero-order valence-corrected chi connectivity index (χ0v) is 7.69. The lowest BCUT2D eigenvalue weighted by Crippen LogP contribution is -1.98. The van der Waals surface area contributed by atoms with Crippen molar-refractivity contribution in [1.29, 1.82) is 5.26 Å². The highest BCUT2D eigenvalue weighted by molar-refractivity contribution is 4.91. The van der Waals surface area contributed by atoms with E-state index in [-0.39, 0.29) is 0 Å². The van der Waals surface area contributed by atoms with E-state index in [0.717, 1.165) is 30.8 Å². The van der Waals surface area contributed by atoms with Crippen LogP contribution in [0.1, 0.15) is 30.8 Å². The molecule has 0 atom stereocenters. The summed E-state index contributed by atoms with van der Waals surface area (Å²) < 4.78 is 0. The normalized spacial score (nSPS) is 9.54. The number of nitriles is 1. The predicted octanol–water partition coefficient (Wildman–Crippen LogP) is 1.42. The molecule has 68 valence electrons. The van der Waals surface area contributed by atoms with Crippen molar-refractivity contribution >= 4 is 0 Å². The van der Waals surface area contributed by atoms with Gasteiger partial charge in [0.15, 0.2) is 5.82 Å². The summed E-state index contributed by atoms with van der Waals surface area (Å²) in [5.74, 6) is 0.767. The van der Waals surface area contributed by atoms with Gasteiger partial charge in [-0.05, 0) is 19.8 Å². The van der Waals surface area contributed by atoms with Crippen LogP contribution in [-0.2, 0) is 6.42 Å². The van der Waals surface area contributed by atoms with Gasteiger partial charge < -0.3 is 0 Å². The molecule has 0 saturated heterocycles. The van der Waals surface area contributed by atoms with E-state index in [1.165, 1.54) is 0 Å². The number of nitrogens with zero attached hydrogens (tertiary/aromatic N) is 4. The van der Waals surface area contributed by atoms with Gasteiger partial charge in [-0.1, -0.05) is 0 Å². The van der Waals surface area contributed by atoms with E-state index >= 15 is 0 Å². The number of hydrogen-bond donors (Lipinski definition) is 0. The van der Waals surface area contributed by atoms with Crippen molar-refractivity contribution in [2.24, 2.45) is 0 Å². The number of aryl methyl sites for hydroxylation is 2. The zero-order valence-electron chi connectivity index (χ0n) is 7.69. The molecule has 1 aromatic rings. The topological polar surface area (TPSA) is 62.5 Å². The first kappa shape index (κ1) is 9.59. The highest BCUT2D eigenvalue weighted by atomic mass is 15.1. The van der Waals surface area contributed by atoms with Crippen LogP contribution in [-0.4, -0.2) is 15.2 Å². The van der Waals surface area contributed by atoms with Crippen molar-refractivity contribution < 1.29 is 0 Å². The fraction of sp³-hybridized carbons (Fsp3) is 0.556. The molecule has 0 fully saturated rings. The number of rotatable bonds is 4. The fourth-order valence-corrected chi connectivity index (χ4v) is 0.958. The molecule has 0 aliphatic carbocycles. The summed E-state index contributed by atoms with van der Waals surface area (Å²) in [7, 11) is 0. The van der Waals surface area contributed by atoms with Gasteiger partial charge in [0.2, 0.25) is 0 Å². The molecule has 4 heteroatoms. The molecule has 0 N–H and O–H groups in total. The van der Waals surface area contributed by atoms with E-state index in [9.17, 15) is 0 Å². The lowest BCUT2D eigenvalue weighted by Gasteiger charge is -1.96. The summed E-state index contributed by atoms with van der Waals surface area (Å²) in [5.41, 5.74) is 0.834. The molecule has 4 nitrogen and oxygen atoms in total. The van der Waals surface area contributed by atoms with Crippen LogP contribution in [0.25, 0.3) is 0 Å². The minimum atomic E-state index is 0.610. The number of unbranched alkanes of at least 4 members (excludes halogenated alkanes) is 2. The van der Waals surface area contributed by atoms with Crippen LogP contribution in [0, 0.1) is 18.3 Å². The Morgan fingerprint density at radius 3 is 2.85 bits per heavy atom. The Hall–Kier alpha value is -1.50. The zero-order chi connectivity index (χ0) is 9.52. The minimum absolute atomic E-state index is 0.610. The van der Waals surface area contributed by atoms with E-state index in [1.54, 1.807) is 6.20 Å². The summed E-state index contributed by atoms with van der Waals surface area (Å²) in [4.78, 5) is 4.12. The van der Waals surface area contributed by atoms with Crippen molar-refractivity contribution in [1.82, 2.24) is 15.2 Å². The molecule has 0 aliphatic heterocycles. The fourth-order valence-electron chi connectivity index (χ4n) is 0.958. The summed E-state index contributed by atoms with van der Waals surface area (Å²) in [5, 5.41) is 16.1. The number of hydrogen-bond acceptors (Lipinski definition) is 4. The quantitative estimate of drug-likeness (QED) is 0.651. The molecule has 0 unspecified atom stereocenters. The van der Waals surface area contributed by atoms with Gasteiger partial charge in [-0.25, -0.2) is 4.98 Å². The highest BCUT2D eigenvalue weighted by Crippen LogP contribution is 2.00. The maximum atomic E-state index is 8.31. The van der Waals surface area contributed by atoms with E-state index in [1.807, 2.05) is 6.92 Å². The smallest absolute Gasteiger partial charge is 0.150 e. The average molecular weight is 176 g/mol. The Labute approximate surface area is 77.6 Å². The molecule has 0 spiro atoms. The van der Waals surface area contributed by atoms with Crippen molar-refractivity contribution in [3.63, 3.8) is 0 Å². The van der Waals surface area contributed by atoms with Gasteiger partial charge in [0.05, 0.1) is 18.0 Å². The average Bonchev–Trinajstić information content (AvgIpc) is 2.15. The largest absolute Gasteiger partial charge is 0.238 e. The molecule has 1 rings (SSSR count). The Morgan fingerprint density at radius 1 is 1.38 bits per heavy atom. The van der Waals surface area contributed by atoms with Crippen LogP contribution in [0.2, 0.25) is 0 Å². The van der Waals surface area contributed by atoms with Crippen molar-refractivity contribution in [3.8, 4) is 6.07 Å². The van der Waals surface area contributed by atoms with Crippen LogP contribution >= 0.6 is 0 Å².